The molecule has 2 aromatic carbocycles. The first-order valence-corrected chi connectivity index (χ1v) is 12.2. The third-order valence-electron chi connectivity index (χ3n) is 5.74. The lowest BCUT2D eigenvalue weighted by Crippen LogP contribution is -2.45. The minimum atomic E-state index is -1.45. The van der Waals surface area contributed by atoms with Gasteiger partial charge in [0.1, 0.15) is 8.80 Å². The molecule has 0 radical (unpaired) electrons. The average molecular weight is 375 g/mol. The summed E-state index contributed by atoms with van der Waals surface area (Å²) in [6.45, 7) is 13.6. The molecule has 1 aliphatic rings. The maximum absolute atomic E-state index is 2.56. The molecule has 0 atom stereocenters. The Balaban J connectivity index is 2.16. The highest BCUT2D eigenvalue weighted by molar-refractivity contribution is 6.91. The Kier molecular flexibility index (Phi) is 6.21. The summed E-state index contributed by atoms with van der Waals surface area (Å²) in [5, 5.41) is 4.84. The second-order valence-electron chi connectivity index (χ2n) is 8.50. The maximum atomic E-state index is 2.56. The second kappa shape index (κ2) is 8.44. The molecule has 2 aromatic rings. The van der Waals surface area contributed by atoms with E-state index in [1.54, 1.807) is 26.7 Å². The molecule has 0 bridgehead atoms. The number of hydrogen-bond donors (Lipinski definition) is 0. The van der Waals surface area contributed by atoms with Gasteiger partial charge in [0.2, 0.25) is 0 Å². The van der Waals surface area contributed by atoms with Crippen molar-refractivity contribution in [3.8, 4) is 0 Å². The van der Waals surface area contributed by atoms with Crippen LogP contribution in [0.1, 0.15) is 61.8 Å². The third-order valence-corrected chi connectivity index (χ3v) is 8.94. The maximum Gasteiger partial charge on any atom is 0.132 e. The average Bonchev–Trinajstić information content (AvgIpc) is 2.92. The van der Waals surface area contributed by atoms with Gasteiger partial charge in [-0.2, -0.15) is 0 Å². The molecule has 0 fully saturated rings. The Bertz CT molecular complexity index is 806. The molecule has 0 heterocycles. The lowest BCUT2D eigenvalue weighted by atomic mass is 10.1. The standard InChI is InChI=1S/C26H34Si/c1-7-8-9-25-22(6)10-11-26(25)27(23-14-18(2)12-19(3)15-23)24-16-20(4)13-21(5)17-24/h11-17,27H,7-10H2,1-6H3. The zero-order chi connectivity index (χ0) is 19.6. The van der Waals surface area contributed by atoms with Crippen molar-refractivity contribution in [1.29, 1.82) is 0 Å². The first-order chi connectivity index (χ1) is 12.9. The van der Waals surface area contributed by atoms with Gasteiger partial charge in [-0.3, -0.25) is 0 Å². The Morgan fingerprint density at radius 2 is 1.22 bits per heavy atom. The minimum absolute atomic E-state index is 1.15. The van der Waals surface area contributed by atoms with Gasteiger partial charge < -0.3 is 0 Å². The smallest absolute Gasteiger partial charge is 0.0804 e. The van der Waals surface area contributed by atoms with E-state index in [0.29, 0.717) is 0 Å². The van der Waals surface area contributed by atoms with Gasteiger partial charge >= 0.3 is 0 Å². The summed E-state index contributed by atoms with van der Waals surface area (Å²) in [4.78, 5) is 0. The predicted octanol–water partition coefficient (Wildman–Crippen LogP) is 5.64. The molecule has 0 spiro atoms. The van der Waals surface area contributed by atoms with Crippen molar-refractivity contribution in [2.24, 2.45) is 0 Å². The normalized spacial score (nSPS) is 14.3. The van der Waals surface area contributed by atoms with E-state index in [1.165, 1.54) is 41.5 Å². The van der Waals surface area contributed by atoms with Crippen molar-refractivity contribution >= 4 is 19.2 Å². The largest absolute Gasteiger partial charge is 0.132 e. The highest BCUT2D eigenvalue weighted by Crippen LogP contribution is 2.32. The highest BCUT2D eigenvalue weighted by atomic mass is 28.3. The molecular formula is C26H34Si. The van der Waals surface area contributed by atoms with E-state index in [0.717, 1.165) is 6.42 Å². The van der Waals surface area contributed by atoms with Gasteiger partial charge in [0, 0.05) is 0 Å². The van der Waals surface area contributed by atoms with Crippen LogP contribution in [0, 0.1) is 27.7 Å². The summed E-state index contributed by atoms with van der Waals surface area (Å²) in [6.07, 6.45) is 7.52. The van der Waals surface area contributed by atoms with Crippen LogP contribution < -0.4 is 10.4 Å². The van der Waals surface area contributed by atoms with Crippen LogP contribution in [0.5, 0.6) is 0 Å². The molecule has 0 aliphatic heterocycles. The lowest BCUT2D eigenvalue weighted by Gasteiger charge is -2.23. The van der Waals surface area contributed by atoms with Gasteiger partial charge in [-0.15, -0.1) is 0 Å². The summed E-state index contributed by atoms with van der Waals surface area (Å²) in [5.74, 6) is 0. The van der Waals surface area contributed by atoms with Gasteiger partial charge in [0.15, 0.2) is 0 Å². The highest BCUT2D eigenvalue weighted by Gasteiger charge is 2.27. The van der Waals surface area contributed by atoms with Gasteiger partial charge in [0.05, 0.1) is 0 Å². The van der Waals surface area contributed by atoms with Crippen LogP contribution in [0.4, 0.5) is 0 Å². The van der Waals surface area contributed by atoms with E-state index in [9.17, 15) is 0 Å². The van der Waals surface area contributed by atoms with Crippen LogP contribution >= 0.6 is 0 Å². The second-order valence-corrected chi connectivity index (χ2v) is 11.3. The molecular weight excluding hydrogens is 340 g/mol. The fraction of sp³-hybridized carbons (Fsp3) is 0.385. The van der Waals surface area contributed by atoms with Crippen molar-refractivity contribution in [3.05, 3.63) is 81.1 Å². The molecule has 1 heteroatoms. The SMILES string of the molecule is CCCCC1=C(C)CC=C1[SiH](c1cc(C)cc(C)c1)c1cc(C)cc(C)c1. The summed E-state index contributed by atoms with van der Waals surface area (Å²) < 4.78 is 0. The summed E-state index contributed by atoms with van der Waals surface area (Å²) in [5.41, 5.74) is 8.83. The number of benzene rings is 2. The molecule has 0 nitrogen and oxygen atoms in total. The monoisotopic (exact) mass is 374 g/mol. The fourth-order valence-corrected chi connectivity index (χ4v) is 8.58. The molecule has 0 saturated carbocycles. The molecule has 3 rings (SSSR count). The molecule has 0 N–H and O–H groups in total. The number of unbranched alkanes of at least 4 members (excludes halogenated alkanes) is 1. The molecule has 27 heavy (non-hydrogen) atoms. The van der Waals surface area contributed by atoms with Gasteiger partial charge in [-0.1, -0.05) is 99.2 Å². The first kappa shape index (κ1) is 19.9. The summed E-state index contributed by atoms with van der Waals surface area (Å²) in [7, 11) is -1.45. The molecule has 0 saturated heterocycles. The zero-order valence-corrected chi connectivity index (χ0v) is 19.1. The topological polar surface area (TPSA) is 0 Å². The van der Waals surface area contributed by atoms with Gasteiger partial charge in [-0.25, -0.2) is 0 Å². The quantitative estimate of drug-likeness (QED) is 0.574. The Labute approximate surface area is 167 Å². The molecule has 142 valence electrons. The molecule has 0 amide bonds. The van der Waals surface area contributed by atoms with Gasteiger partial charge in [-0.05, 0) is 59.5 Å². The van der Waals surface area contributed by atoms with E-state index in [1.807, 2.05) is 0 Å². The van der Waals surface area contributed by atoms with Crippen molar-refractivity contribution in [3.63, 3.8) is 0 Å². The number of hydrogen-bond acceptors (Lipinski definition) is 0. The van der Waals surface area contributed by atoms with Crippen molar-refractivity contribution in [1.82, 2.24) is 0 Å². The zero-order valence-electron chi connectivity index (χ0n) is 17.9. The lowest BCUT2D eigenvalue weighted by molar-refractivity contribution is 0.792. The fourth-order valence-electron chi connectivity index (χ4n) is 4.66. The van der Waals surface area contributed by atoms with Crippen LogP contribution in [-0.4, -0.2) is 8.80 Å². The predicted molar refractivity (Wildman–Crippen MR) is 123 cm³/mol. The molecule has 1 aliphatic carbocycles. The molecule has 0 aromatic heterocycles. The Morgan fingerprint density at radius 3 is 1.67 bits per heavy atom. The van der Waals surface area contributed by atoms with E-state index >= 15 is 0 Å². The van der Waals surface area contributed by atoms with E-state index in [-0.39, 0.29) is 0 Å². The van der Waals surface area contributed by atoms with Crippen molar-refractivity contribution in [2.45, 2.75) is 67.2 Å². The summed E-state index contributed by atoms with van der Waals surface area (Å²) in [6, 6.07) is 14.4. The van der Waals surface area contributed by atoms with E-state index in [4.69, 9.17) is 0 Å². The van der Waals surface area contributed by atoms with Crippen LogP contribution in [0.15, 0.2) is 58.8 Å². The number of rotatable bonds is 6. The Hall–Kier alpha value is -1.86. The number of aryl methyl sites for hydroxylation is 4. The first-order valence-electron chi connectivity index (χ1n) is 10.4. The third kappa shape index (κ3) is 4.52. The number of allylic oxidation sites excluding steroid dienone is 4. The van der Waals surface area contributed by atoms with E-state index in [2.05, 4.69) is 84.0 Å². The van der Waals surface area contributed by atoms with Crippen molar-refractivity contribution < 1.29 is 0 Å². The van der Waals surface area contributed by atoms with Crippen LogP contribution in [0.25, 0.3) is 0 Å². The van der Waals surface area contributed by atoms with Crippen molar-refractivity contribution in [2.75, 3.05) is 0 Å². The summed E-state index contributed by atoms with van der Waals surface area (Å²) >= 11 is 0. The van der Waals surface area contributed by atoms with E-state index < -0.39 is 8.80 Å². The minimum Gasteiger partial charge on any atom is -0.0804 e. The Morgan fingerprint density at radius 1 is 0.741 bits per heavy atom. The van der Waals surface area contributed by atoms with Crippen LogP contribution in [0.2, 0.25) is 0 Å². The van der Waals surface area contributed by atoms with Crippen LogP contribution in [0.3, 0.4) is 0 Å². The van der Waals surface area contributed by atoms with Crippen LogP contribution in [-0.2, 0) is 0 Å². The molecule has 0 unspecified atom stereocenters. The van der Waals surface area contributed by atoms with Gasteiger partial charge in [0.25, 0.3) is 0 Å².